The van der Waals surface area contributed by atoms with E-state index in [0.29, 0.717) is 12.1 Å². The largest absolute Gasteiger partial charge is 0.349 e. The molecule has 0 spiro atoms. The summed E-state index contributed by atoms with van der Waals surface area (Å²) < 4.78 is 1.35. The van der Waals surface area contributed by atoms with Gasteiger partial charge in [0.05, 0.1) is 11.6 Å². The zero-order valence-corrected chi connectivity index (χ0v) is 18.0. The third-order valence-corrected chi connectivity index (χ3v) is 6.33. The second-order valence-electron chi connectivity index (χ2n) is 8.61. The van der Waals surface area contributed by atoms with Crippen molar-refractivity contribution in [1.29, 1.82) is 0 Å². The monoisotopic (exact) mass is 422 g/mol. The van der Waals surface area contributed by atoms with E-state index in [-0.39, 0.29) is 36.0 Å². The maximum Gasteiger partial charge on any atom is 0.252 e. The van der Waals surface area contributed by atoms with E-state index in [1.807, 2.05) is 35.2 Å². The highest BCUT2D eigenvalue weighted by Gasteiger charge is 2.30. The van der Waals surface area contributed by atoms with Gasteiger partial charge in [0.15, 0.2) is 0 Å². The Morgan fingerprint density at radius 1 is 1.03 bits per heavy atom. The summed E-state index contributed by atoms with van der Waals surface area (Å²) in [4.78, 5) is 42.3. The Hall–Kier alpha value is -2.93. The molecule has 2 amide bonds. The van der Waals surface area contributed by atoms with Crippen LogP contribution in [-0.4, -0.2) is 58.9 Å². The predicted molar refractivity (Wildman–Crippen MR) is 119 cm³/mol. The molecule has 0 unspecified atom stereocenters. The van der Waals surface area contributed by atoms with Gasteiger partial charge >= 0.3 is 0 Å². The molecule has 1 aromatic heterocycles. The molecule has 1 aliphatic carbocycles. The van der Waals surface area contributed by atoms with Gasteiger partial charge < -0.3 is 19.7 Å². The molecule has 1 aromatic carbocycles. The molecule has 31 heavy (non-hydrogen) atoms. The molecule has 2 heterocycles. The highest BCUT2D eigenvalue weighted by atomic mass is 16.2. The van der Waals surface area contributed by atoms with Gasteiger partial charge in [0.25, 0.3) is 11.5 Å². The van der Waals surface area contributed by atoms with Crippen LogP contribution in [0.4, 0.5) is 0 Å². The molecule has 1 saturated heterocycles. The van der Waals surface area contributed by atoms with Crippen LogP contribution in [0.15, 0.2) is 53.5 Å². The van der Waals surface area contributed by atoms with Gasteiger partial charge in [-0.3, -0.25) is 14.4 Å². The van der Waals surface area contributed by atoms with E-state index in [9.17, 15) is 14.4 Å². The van der Waals surface area contributed by atoms with Crippen molar-refractivity contribution in [2.24, 2.45) is 0 Å². The van der Waals surface area contributed by atoms with Crippen molar-refractivity contribution >= 4 is 11.8 Å². The smallest absolute Gasteiger partial charge is 0.252 e. The molecule has 1 aliphatic heterocycles. The number of rotatable bonds is 5. The lowest BCUT2D eigenvalue weighted by Gasteiger charge is -2.40. The van der Waals surface area contributed by atoms with E-state index in [2.05, 4.69) is 17.3 Å². The third-order valence-electron chi connectivity index (χ3n) is 6.33. The molecule has 7 heteroatoms. The van der Waals surface area contributed by atoms with Crippen molar-refractivity contribution in [3.63, 3.8) is 0 Å². The lowest BCUT2D eigenvalue weighted by atomic mass is 10.0. The standard InChI is InChI=1S/C24H30N4O3/c1-26-13-14-28(21(16-26)18-7-3-2-4-8-18)23(30)17-27-15-19(11-12-22(27)29)24(31)25-20-9-5-6-10-20/h2-4,7-8,11-12,15,20-21H,5-6,9-10,13-14,16-17H2,1H3,(H,25,31)/t21-/m0/s1. The summed E-state index contributed by atoms with van der Waals surface area (Å²) in [5.74, 6) is -0.299. The first kappa shape index (κ1) is 21.3. The lowest BCUT2D eigenvalue weighted by molar-refractivity contribution is -0.136. The molecule has 1 N–H and O–H groups in total. The van der Waals surface area contributed by atoms with Crippen LogP contribution < -0.4 is 10.9 Å². The van der Waals surface area contributed by atoms with E-state index in [0.717, 1.165) is 44.3 Å². The Labute approximate surface area is 182 Å². The Bertz CT molecular complexity index is 982. The summed E-state index contributed by atoms with van der Waals surface area (Å²) in [5.41, 5.74) is 1.22. The van der Waals surface area contributed by atoms with Crippen molar-refractivity contribution in [2.45, 2.75) is 44.3 Å². The molecule has 2 aliphatic rings. The second-order valence-corrected chi connectivity index (χ2v) is 8.61. The van der Waals surface area contributed by atoms with Crippen molar-refractivity contribution in [1.82, 2.24) is 19.7 Å². The van der Waals surface area contributed by atoms with E-state index in [1.54, 1.807) is 0 Å². The Morgan fingerprint density at radius 3 is 2.52 bits per heavy atom. The molecule has 1 atom stereocenters. The van der Waals surface area contributed by atoms with E-state index >= 15 is 0 Å². The van der Waals surface area contributed by atoms with Crippen LogP contribution in [0, 0.1) is 0 Å². The molecular weight excluding hydrogens is 392 g/mol. The average Bonchev–Trinajstić information content (AvgIpc) is 3.28. The summed E-state index contributed by atoms with van der Waals surface area (Å²) in [6, 6.07) is 13.0. The first-order chi connectivity index (χ1) is 15.0. The maximum atomic E-state index is 13.2. The topological polar surface area (TPSA) is 74.7 Å². The van der Waals surface area contributed by atoms with Crippen LogP contribution >= 0.6 is 0 Å². The van der Waals surface area contributed by atoms with Gasteiger partial charge in [-0.2, -0.15) is 0 Å². The number of pyridine rings is 1. The first-order valence-corrected chi connectivity index (χ1v) is 11.1. The fourth-order valence-corrected chi connectivity index (χ4v) is 4.54. The van der Waals surface area contributed by atoms with Crippen molar-refractivity contribution in [3.8, 4) is 0 Å². The summed E-state index contributed by atoms with van der Waals surface area (Å²) in [5, 5.41) is 3.04. The van der Waals surface area contributed by atoms with E-state index in [1.165, 1.54) is 22.9 Å². The van der Waals surface area contributed by atoms with Gasteiger partial charge in [-0.15, -0.1) is 0 Å². The third kappa shape index (κ3) is 5.05. The lowest BCUT2D eigenvalue weighted by Crippen LogP contribution is -2.50. The van der Waals surface area contributed by atoms with Crippen LogP contribution in [0.1, 0.15) is 47.6 Å². The Kier molecular flexibility index (Phi) is 6.51. The molecule has 1 saturated carbocycles. The van der Waals surface area contributed by atoms with Gasteiger partial charge in [0, 0.05) is 37.9 Å². The summed E-state index contributed by atoms with van der Waals surface area (Å²) in [6.45, 7) is 2.06. The van der Waals surface area contributed by atoms with Gasteiger partial charge in [-0.1, -0.05) is 43.2 Å². The number of carbonyl (C=O) groups excluding carboxylic acids is 2. The molecule has 2 aromatic rings. The second kappa shape index (κ2) is 9.47. The molecule has 0 radical (unpaired) electrons. The number of amides is 2. The fourth-order valence-electron chi connectivity index (χ4n) is 4.54. The van der Waals surface area contributed by atoms with E-state index < -0.39 is 0 Å². The average molecular weight is 423 g/mol. The number of benzene rings is 1. The molecule has 164 valence electrons. The van der Waals surface area contributed by atoms with Gasteiger partial charge in [-0.05, 0) is 31.5 Å². The molecule has 7 nitrogen and oxygen atoms in total. The highest BCUT2D eigenvalue weighted by Crippen LogP contribution is 2.25. The normalized spacial score (nSPS) is 20.0. The minimum atomic E-state index is -0.281. The number of aromatic nitrogens is 1. The molecule has 4 rings (SSSR count). The number of piperazine rings is 1. The van der Waals surface area contributed by atoms with Gasteiger partial charge in [-0.25, -0.2) is 0 Å². The molecule has 0 bridgehead atoms. The van der Waals surface area contributed by atoms with Crippen molar-refractivity contribution in [2.75, 3.05) is 26.7 Å². The van der Waals surface area contributed by atoms with Crippen LogP contribution in [0.3, 0.4) is 0 Å². The van der Waals surface area contributed by atoms with Crippen LogP contribution in [0.5, 0.6) is 0 Å². The van der Waals surface area contributed by atoms with Crippen LogP contribution in [-0.2, 0) is 11.3 Å². The Balaban J connectivity index is 1.50. The first-order valence-electron chi connectivity index (χ1n) is 11.1. The van der Waals surface area contributed by atoms with Crippen molar-refractivity contribution < 1.29 is 9.59 Å². The van der Waals surface area contributed by atoms with Gasteiger partial charge in [0.1, 0.15) is 6.54 Å². The number of likely N-dealkylation sites (N-methyl/N-ethyl adjacent to an activating group) is 1. The molecule has 2 fully saturated rings. The zero-order chi connectivity index (χ0) is 21.8. The number of hydrogen-bond donors (Lipinski definition) is 1. The fraction of sp³-hybridized carbons (Fsp3) is 0.458. The predicted octanol–water partition coefficient (Wildman–Crippen LogP) is 2.04. The van der Waals surface area contributed by atoms with Crippen LogP contribution in [0.2, 0.25) is 0 Å². The van der Waals surface area contributed by atoms with Crippen LogP contribution in [0.25, 0.3) is 0 Å². The number of carbonyl (C=O) groups is 2. The highest BCUT2D eigenvalue weighted by molar-refractivity contribution is 5.94. The zero-order valence-electron chi connectivity index (χ0n) is 18.0. The summed E-state index contributed by atoms with van der Waals surface area (Å²) >= 11 is 0. The van der Waals surface area contributed by atoms with Crippen molar-refractivity contribution in [3.05, 3.63) is 70.1 Å². The molecular formula is C24H30N4O3. The number of nitrogens with one attached hydrogen (secondary N) is 1. The summed E-state index contributed by atoms with van der Waals surface area (Å²) in [6.07, 6.45) is 5.76. The number of hydrogen-bond acceptors (Lipinski definition) is 4. The van der Waals surface area contributed by atoms with E-state index in [4.69, 9.17) is 0 Å². The van der Waals surface area contributed by atoms with Gasteiger partial charge in [0.2, 0.25) is 5.91 Å². The SMILES string of the molecule is CN1CCN(C(=O)Cn2cc(C(=O)NC3CCCC3)ccc2=O)[C@H](c2ccccc2)C1. The number of nitrogens with zero attached hydrogens (tertiary/aromatic N) is 3. The quantitative estimate of drug-likeness (QED) is 0.800. The Morgan fingerprint density at radius 2 is 1.77 bits per heavy atom. The minimum absolute atomic E-state index is 0.0583. The summed E-state index contributed by atoms with van der Waals surface area (Å²) in [7, 11) is 2.05. The maximum absolute atomic E-state index is 13.2. The minimum Gasteiger partial charge on any atom is -0.349 e.